The third kappa shape index (κ3) is 4.86. The summed E-state index contributed by atoms with van der Waals surface area (Å²) in [5, 5.41) is 15.5. The number of benzene rings is 2. The predicted octanol–water partition coefficient (Wildman–Crippen LogP) is 4.06. The Kier molecular flexibility index (Phi) is 6.94. The first kappa shape index (κ1) is 25.6. The molecule has 208 valence electrons. The van der Waals surface area contributed by atoms with Crippen LogP contribution in [0.3, 0.4) is 0 Å². The first-order valence-corrected chi connectivity index (χ1v) is 15.0. The highest BCUT2D eigenvalue weighted by molar-refractivity contribution is 5.97. The van der Waals surface area contributed by atoms with Gasteiger partial charge in [0.15, 0.2) is 0 Å². The summed E-state index contributed by atoms with van der Waals surface area (Å²) in [5.74, 6) is 1.09. The van der Waals surface area contributed by atoms with E-state index in [2.05, 4.69) is 69.5 Å². The second kappa shape index (κ2) is 10.9. The fraction of sp³-hybridized carbons (Fsp3) is 0.531. The van der Waals surface area contributed by atoms with Crippen molar-refractivity contribution in [3.63, 3.8) is 0 Å². The van der Waals surface area contributed by atoms with Crippen LogP contribution in [-0.4, -0.2) is 72.8 Å². The fourth-order valence-corrected chi connectivity index (χ4v) is 7.31. The lowest BCUT2D eigenvalue weighted by atomic mass is 9.97. The summed E-state index contributed by atoms with van der Waals surface area (Å²) >= 11 is 0. The summed E-state index contributed by atoms with van der Waals surface area (Å²) in [6, 6.07) is 17.4. The maximum absolute atomic E-state index is 9.25. The maximum Gasteiger partial charge on any atom is 0.318 e. The van der Waals surface area contributed by atoms with Crippen molar-refractivity contribution in [1.29, 1.82) is 5.26 Å². The van der Waals surface area contributed by atoms with Crippen molar-refractivity contribution in [2.45, 2.75) is 69.6 Å². The minimum Gasteiger partial charge on any atom is -0.462 e. The number of nitriles is 1. The topological polar surface area (TPSA) is 80.6 Å². The largest absolute Gasteiger partial charge is 0.462 e. The van der Waals surface area contributed by atoms with E-state index in [0.717, 1.165) is 57.1 Å². The van der Waals surface area contributed by atoms with Gasteiger partial charge in [0.25, 0.3) is 0 Å². The summed E-state index contributed by atoms with van der Waals surface area (Å²) in [5.41, 5.74) is 4.84. The molecular weight excluding hydrogens is 498 g/mol. The van der Waals surface area contributed by atoms with E-state index in [4.69, 9.17) is 14.7 Å². The molecule has 40 heavy (non-hydrogen) atoms. The molecule has 0 spiro atoms. The molecule has 1 N–H and O–H groups in total. The Bertz CT molecular complexity index is 1420. The first-order valence-electron chi connectivity index (χ1n) is 15.0. The number of aryl methyl sites for hydroxylation is 1. The van der Waals surface area contributed by atoms with E-state index in [1.54, 1.807) is 0 Å². The predicted molar refractivity (Wildman–Crippen MR) is 158 cm³/mol. The number of fused-ring (bicyclic) bond motifs is 4. The summed E-state index contributed by atoms with van der Waals surface area (Å²) < 4.78 is 6.35. The Morgan fingerprint density at radius 1 is 1.02 bits per heavy atom. The van der Waals surface area contributed by atoms with Crippen molar-refractivity contribution in [3.05, 3.63) is 53.2 Å². The van der Waals surface area contributed by atoms with Gasteiger partial charge in [0, 0.05) is 60.8 Å². The molecule has 3 fully saturated rings. The van der Waals surface area contributed by atoms with Gasteiger partial charge in [-0.3, -0.25) is 0 Å². The van der Waals surface area contributed by atoms with Crippen LogP contribution in [0.25, 0.3) is 10.8 Å². The lowest BCUT2D eigenvalue weighted by molar-refractivity contribution is 0.187. The van der Waals surface area contributed by atoms with Crippen molar-refractivity contribution in [1.82, 2.24) is 20.2 Å². The lowest BCUT2D eigenvalue weighted by Gasteiger charge is -2.37. The van der Waals surface area contributed by atoms with E-state index < -0.39 is 0 Å². The molecule has 0 aliphatic carbocycles. The van der Waals surface area contributed by atoms with Crippen LogP contribution in [0.1, 0.15) is 48.9 Å². The third-order valence-electron chi connectivity index (χ3n) is 9.43. The molecular formula is C32H39N7O. The summed E-state index contributed by atoms with van der Waals surface area (Å²) in [7, 11) is 2.18. The smallest absolute Gasteiger partial charge is 0.318 e. The number of hydrogen-bond donors (Lipinski definition) is 1. The van der Waals surface area contributed by atoms with E-state index in [9.17, 15) is 5.26 Å². The second-order valence-electron chi connectivity index (χ2n) is 12.0. The summed E-state index contributed by atoms with van der Waals surface area (Å²) in [6.45, 7) is 5.41. The zero-order valence-corrected chi connectivity index (χ0v) is 23.5. The molecule has 1 aromatic heterocycles. The molecule has 0 radical (unpaired) electrons. The molecule has 3 aromatic rings. The van der Waals surface area contributed by atoms with E-state index in [0.29, 0.717) is 37.2 Å². The number of likely N-dealkylation sites (N-methyl/N-ethyl adjacent to an activating group) is 1. The van der Waals surface area contributed by atoms with Crippen molar-refractivity contribution < 1.29 is 4.74 Å². The Hall–Kier alpha value is -3.41. The molecule has 2 aromatic carbocycles. The molecule has 2 bridgehead atoms. The Labute approximate surface area is 236 Å². The molecule has 4 aliphatic rings. The van der Waals surface area contributed by atoms with Gasteiger partial charge in [0.2, 0.25) is 0 Å². The van der Waals surface area contributed by atoms with Gasteiger partial charge < -0.3 is 24.8 Å². The second-order valence-corrected chi connectivity index (χ2v) is 12.0. The molecule has 4 aliphatic heterocycles. The highest BCUT2D eigenvalue weighted by Gasteiger charge is 2.35. The summed E-state index contributed by atoms with van der Waals surface area (Å²) in [6.07, 6.45) is 7.08. The van der Waals surface area contributed by atoms with Crippen LogP contribution in [0.15, 0.2) is 36.4 Å². The standard InChI is InChI=1S/C32H39N7O/c1-37-16-5-10-26(37)21-40-32-35-28-20-38(29-11-3-8-22-6-2-7-23(30(22)29)9-4-15-33)17-14-27(28)31(36-32)39-18-24-12-13-25(19-39)34-24/h2-3,6-8,11,24-26,34H,4-5,9-10,12-14,16-21H2,1H3/t24?,25?,26-/m0/s1. The molecule has 2 unspecified atom stereocenters. The molecule has 8 heteroatoms. The van der Waals surface area contributed by atoms with Crippen molar-refractivity contribution >= 4 is 22.3 Å². The van der Waals surface area contributed by atoms with Gasteiger partial charge in [-0.05, 0) is 69.1 Å². The molecule has 8 nitrogen and oxygen atoms in total. The minimum atomic E-state index is 0.428. The van der Waals surface area contributed by atoms with E-state index in [1.807, 2.05) is 0 Å². The average Bonchev–Trinajstić information content (AvgIpc) is 3.56. The number of ether oxygens (including phenoxy) is 1. The van der Waals surface area contributed by atoms with Gasteiger partial charge in [0.1, 0.15) is 12.4 Å². The van der Waals surface area contributed by atoms with Gasteiger partial charge in [-0.1, -0.05) is 30.3 Å². The van der Waals surface area contributed by atoms with Crippen molar-refractivity contribution in [3.8, 4) is 12.1 Å². The van der Waals surface area contributed by atoms with Crippen LogP contribution in [0.2, 0.25) is 0 Å². The van der Waals surface area contributed by atoms with Crippen LogP contribution in [0, 0.1) is 11.3 Å². The number of anilines is 2. The van der Waals surface area contributed by atoms with Crippen LogP contribution in [0.5, 0.6) is 6.01 Å². The van der Waals surface area contributed by atoms with E-state index >= 15 is 0 Å². The van der Waals surface area contributed by atoms with Crippen LogP contribution < -0.4 is 19.9 Å². The number of nitrogens with zero attached hydrogens (tertiary/aromatic N) is 6. The van der Waals surface area contributed by atoms with Gasteiger partial charge in [-0.25, -0.2) is 0 Å². The van der Waals surface area contributed by atoms with Gasteiger partial charge in [0.05, 0.1) is 18.3 Å². The highest BCUT2D eigenvalue weighted by Crippen LogP contribution is 2.37. The quantitative estimate of drug-likeness (QED) is 0.483. The lowest BCUT2D eigenvalue weighted by Crippen LogP contribution is -2.52. The summed E-state index contributed by atoms with van der Waals surface area (Å²) in [4.78, 5) is 17.5. The zero-order chi connectivity index (χ0) is 27.1. The Morgan fingerprint density at radius 3 is 2.62 bits per heavy atom. The third-order valence-corrected chi connectivity index (χ3v) is 9.43. The van der Waals surface area contributed by atoms with Gasteiger partial charge in [-0.15, -0.1) is 0 Å². The van der Waals surface area contributed by atoms with Crippen LogP contribution in [0.4, 0.5) is 11.5 Å². The number of hydrogen-bond acceptors (Lipinski definition) is 8. The molecule has 5 heterocycles. The maximum atomic E-state index is 9.25. The zero-order valence-electron chi connectivity index (χ0n) is 23.5. The van der Waals surface area contributed by atoms with Crippen molar-refractivity contribution in [2.75, 3.05) is 49.6 Å². The average molecular weight is 538 g/mol. The first-order chi connectivity index (χ1) is 19.7. The number of rotatable bonds is 7. The Balaban J connectivity index is 1.23. The molecule has 7 rings (SSSR count). The number of piperazine rings is 1. The normalized spacial score (nSPS) is 24.4. The number of likely N-dealkylation sites (tertiary alicyclic amines) is 1. The van der Waals surface area contributed by atoms with Gasteiger partial charge in [-0.2, -0.15) is 15.2 Å². The Morgan fingerprint density at radius 2 is 1.85 bits per heavy atom. The van der Waals surface area contributed by atoms with E-state index in [-0.39, 0.29) is 0 Å². The molecule has 3 atom stereocenters. The van der Waals surface area contributed by atoms with Crippen molar-refractivity contribution in [2.24, 2.45) is 0 Å². The monoisotopic (exact) mass is 537 g/mol. The molecule has 0 saturated carbocycles. The molecule has 3 saturated heterocycles. The SMILES string of the molecule is CN1CCC[C@H]1COc1nc2c(c(N3CC4CCC(C3)N4)n1)CCN(c1cccc3cccc(CCC#N)c13)C2. The van der Waals surface area contributed by atoms with Gasteiger partial charge >= 0.3 is 6.01 Å². The van der Waals surface area contributed by atoms with E-state index in [1.165, 1.54) is 53.3 Å². The fourth-order valence-electron chi connectivity index (χ4n) is 7.31. The van der Waals surface area contributed by atoms with Crippen LogP contribution in [-0.2, 0) is 19.4 Å². The van der Waals surface area contributed by atoms with Crippen LogP contribution >= 0.6 is 0 Å². The highest BCUT2D eigenvalue weighted by atomic mass is 16.5. The number of aromatic nitrogens is 2. The molecule has 0 amide bonds. The minimum absolute atomic E-state index is 0.428. The number of nitrogens with one attached hydrogen (secondary N) is 1.